The zero-order valence-corrected chi connectivity index (χ0v) is 11.4. The van der Waals surface area contributed by atoms with Crippen molar-refractivity contribution in [3.05, 3.63) is 54.0 Å². The van der Waals surface area contributed by atoms with Crippen LogP contribution in [0.5, 0.6) is 11.5 Å². The van der Waals surface area contributed by atoms with Crippen LogP contribution in [0.3, 0.4) is 0 Å². The van der Waals surface area contributed by atoms with Crippen molar-refractivity contribution in [2.24, 2.45) is 0 Å². The fourth-order valence-electron chi connectivity index (χ4n) is 2.13. The fourth-order valence-corrected chi connectivity index (χ4v) is 2.13. The third kappa shape index (κ3) is 2.30. The molecule has 0 bridgehead atoms. The molecular weight excluding hydrogens is 254 g/mol. The summed E-state index contributed by atoms with van der Waals surface area (Å²) in [6.07, 6.45) is 2.47. The van der Waals surface area contributed by atoms with Crippen molar-refractivity contribution in [3.8, 4) is 11.5 Å². The van der Waals surface area contributed by atoms with Gasteiger partial charge in [0.1, 0.15) is 11.5 Å². The summed E-state index contributed by atoms with van der Waals surface area (Å²) in [5, 5.41) is 4.45. The number of nitrogens with zero attached hydrogens (tertiary/aromatic N) is 3. The molecule has 0 unspecified atom stereocenters. The van der Waals surface area contributed by atoms with E-state index in [2.05, 4.69) is 10.1 Å². The standard InChI is InChI=1S/C15H15N3O2/c1-19-12-7-8-18-15(10-12)16-14(17-18)9-11-5-3-4-6-13(11)20-2/h3-8,10H,9H2,1-2H3. The molecule has 102 valence electrons. The molecular formula is C15H15N3O2. The minimum atomic E-state index is 0.633. The molecule has 0 N–H and O–H groups in total. The van der Waals surface area contributed by atoms with E-state index in [0.29, 0.717) is 6.42 Å². The molecule has 0 aliphatic rings. The number of hydrogen-bond acceptors (Lipinski definition) is 4. The molecule has 5 heteroatoms. The number of hydrogen-bond donors (Lipinski definition) is 0. The molecule has 1 aromatic carbocycles. The van der Waals surface area contributed by atoms with Crippen LogP contribution in [0.15, 0.2) is 42.6 Å². The molecule has 0 atom stereocenters. The van der Waals surface area contributed by atoms with Crippen molar-refractivity contribution < 1.29 is 9.47 Å². The number of methoxy groups -OCH3 is 2. The van der Waals surface area contributed by atoms with Gasteiger partial charge in [-0.25, -0.2) is 9.50 Å². The summed E-state index contributed by atoms with van der Waals surface area (Å²) >= 11 is 0. The number of benzene rings is 1. The minimum absolute atomic E-state index is 0.633. The van der Waals surface area contributed by atoms with E-state index in [1.807, 2.05) is 42.6 Å². The molecule has 0 fully saturated rings. The lowest BCUT2D eigenvalue weighted by atomic mass is 10.1. The van der Waals surface area contributed by atoms with Crippen LogP contribution in [-0.2, 0) is 6.42 Å². The van der Waals surface area contributed by atoms with Gasteiger partial charge in [0, 0.05) is 24.2 Å². The highest BCUT2D eigenvalue weighted by Crippen LogP contribution is 2.20. The maximum Gasteiger partial charge on any atom is 0.159 e. The van der Waals surface area contributed by atoms with Gasteiger partial charge in [-0.15, -0.1) is 0 Å². The van der Waals surface area contributed by atoms with Crippen LogP contribution < -0.4 is 9.47 Å². The Kier molecular flexibility index (Phi) is 3.25. The third-order valence-electron chi connectivity index (χ3n) is 3.13. The Morgan fingerprint density at radius 1 is 1.10 bits per heavy atom. The highest BCUT2D eigenvalue weighted by molar-refractivity contribution is 5.44. The van der Waals surface area contributed by atoms with Gasteiger partial charge in [-0.1, -0.05) is 18.2 Å². The molecule has 0 radical (unpaired) electrons. The summed E-state index contributed by atoms with van der Waals surface area (Å²) in [7, 11) is 3.30. The van der Waals surface area contributed by atoms with Crippen molar-refractivity contribution in [1.29, 1.82) is 0 Å². The Morgan fingerprint density at radius 3 is 2.75 bits per heavy atom. The summed E-state index contributed by atoms with van der Waals surface area (Å²) in [5.41, 5.74) is 1.84. The Morgan fingerprint density at radius 2 is 1.95 bits per heavy atom. The topological polar surface area (TPSA) is 48.7 Å². The zero-order valence-electron chi connectivity index (χ0n) is 11.4. The Hall–Kier alpha value is -2.56. The first-order chi connectivity index (χ1) is 9.80. The quantitative estimate of drug-likeness (QED) is 0.729. The second kappa shape index (κ2) is 5.21. The molecule has 0 aliphatic heterocycles. The van der Waals surface area contributed by atoms with Gasteiger partial charge in [-0.05, 0) is 12.1 Å². The van der Waals surface area contributed by atoms with Gasteiger partial charge in [-0.3, -0.25) is 0 Å². The average molecular weight is 269 g/mol. The summed E-state index contributed by atoms with van der Waals surface area (Å²) < 4.78 is 12.3. The molecule has 0 spiro atoms. The number of para-hydroxylation sites is 1. The molecule has 5 nitrogen and oxygen atoms in total. The van der Waals surface area contributed by atoms with E-state index in [1.54, 1.807) is 18.7 Å². The van der Waals surface area contributed by atoms with Crippen LogP contribution in [0, 0.1) is 0 Å². The normalized spacial score (nSPS) is 10.7. The van der Waals surface area contributed by atoms with E-state index in [4.69, 9.17) is 9.47 Å². The Bertz CT molecular complexity index is 737. The Balaban J connectivity index is 1.94. The molecule has 3 rings (SSSR count). The lowest BCUT2D eigenvalue weighted by Gasteiger charge is -2.05. The van der Waals surface area contributed by atoms with Gasteiger partial charge < -0.3 is 9.47 Å². The van der Waals surface area contributed by atoms with Gasteiger partial charge in [0.15, 0.2) is 11.5 Å². The van der Waals surface area contributed by atoms with Crippen LogP contribution in [0.4, 0.5) is 0 Å². The maximum atomic E-state index is 5.35. The monoisotopic (exact) mass is 269 g/mol. The number of fused-ring (bicyclic) bond motifs is 1. The van der Waals surface area contributed by atoms with Gasteiger partial charge in [0.05, 0.1) is 14.2 Å². The molecule has 0 saturated carbocycles. The average Bonchev–Trinajstić information content (AvgIpc) is 2.89. The smallest absolute Gasteiger partial charge is 0.159 e. The number of pyridine rings is 1. The first-order valence-electron chi connectivity index (χ1n) is 6.31. The van der Waals surface area contributed by atoms with Crippen LogP contribution in [0.1, 0.15) is 11.4 Å². The Labute approximate surface area is 116 Å². The molecule has 2 heterocycles. The second-order valence-corrected chi connectivity index (χ2v) is 4.39. The highest BCUT2D eigenvalue weighted by atomic mass is 16.5. The summed E-state index contributed by atoms with van der Waals surface area (Å²) in [4.78, 5) is 4.51. The van der Waals surface area contributed by atoms with E-state index in [-0.39, 0.29) is 0 Å². The minimum Gasteiger partial charge on any atom is -0.497 e. The number of aromatic nitrogens is 3. The van der Waals surface area contributed by atoms with Gasteiger partial charge in [0.25, 0.3) is 0 Å². The van der Waals surface area contributed by atoms with Crippen molar-refractivity contribution >= 4 is 5.65 Å². The van der Waals surface area contributed by atoms with Gasteiger partial charge in [-0.2, -0.15) is 5.10 Å². The highest BCUT2D eigenvalue weighted by Gasteiger charge is 2.08. The molecule has 0 amide bonds. The summed E-state index contributed by atoms with van der Waals surface area (Å²) in [6, 6.07) is 11.6. The largest absolute Gasteiger partial charge is 0.497 e. The third-order valence-corrected chi connectivity index (χ3v) is 3.13. The van der Waals surface area contributed by atoms with Crippen LogP contribution >= 0.6 is 0 Å². The number of rotatable bonds is 4. The molecule has 20 heavy (non-hydrogen) atoms. The molecule has 0 saturated heterocycles. The molecule has 3 aromatic rings. The second-order valence-electron chi connectivity index (χ2n) is 4.39. The van der Waals surface area contributed by atoms with Crippen molar-refractivity contribution in [2.45, 2.75) is 6.42 Å². The van der Waals surface area contributed by atoms with Crippen molar-refractivity contribution in [3.63, 3.8) is 0 Å². The lowest BCUT2D eigenvalue weighted by molar-refractivity contribution is 0.410. The van der Waals surface area contributed by atoms with Crippen molar-refractivity contribution in [1.82, 2.24) is 14.6 Å². The van der Waals surface area contributed by atoms with E-state index in [0.717, 1.165) is 28.5 Å². The maximum absolute atomic E-state index is 5.35. The van der Waals surface area contributed by atoms with Crippen LogP contribution in [-0.4, -0.2) is 28.8 Å². The van der Waals surface area contributed by atoms with E-state index in [1.165, 1.54) is 0 Å². The molecule has 0 aliphatic carbocycles. The first-order valence-corrected chi connectivity index (χ1v) is 6.31. The predicted molar refractivity (Wildman–Crippen MR) is 75.3 cm³/mol. The molecule has 2 aromatic heterocycles. The van der Waals surface area contributed by atoms with Gasteiger partial charge >= 0.3 is 0 Å². The van der Waals surface area contributed by atoms with Crippen LogP contribution in [0.2, 0.25) is 0 Å². The predicted octanol–water partition coefficient (Wildman–Crippen LogP) is 2.34. The van der Waals surface area contributed by atoms with E-state index >= 15 is 0 Å². The number of ether oxygens (including phenoxy) is 2. The van der Waals surface area contributed by atoms with Crippen molar-refractivity contribution in [2.75, 3.05) is 14.2 Å². The summed E-state index contributed by atoms with van der Waals surface area (Å²) in [6.45, 7) is 0. The SMILES string of the molecule is COc1ccn2nc(Cc3ccccc3OC)nc2c1. The lowest BCUT2D eigenvalue weighted by Crippen LogP contribution is -1.95. The zero-order chi connectivity index (χ0) is 13.9. The fraction of sp³-hybridized carbons (Fsp3) is 0.200. The van der Waals surface area contributed by atoms with Gasteiger partial charge in [0.2, 0.25) is 0 Å². The van der Waals surface area contributed by atoms with Crippen LogP contribution in [0.25, 0.3) is 5.65 Å². The summed E-state index contributed by atoms with van der Waals surface area (Å²) in [5.74, 6) is 2.38. The van der Waals surface area contributed by atoms with E-state index in [9.17, 15) is 0 Å². The van der Waals surface area contributed by atoms with E-state index < -0.39 is 0 Å². The first kappa shape index (κ1) is 12.5.